The van der Waals surface area contributed by atoms with Crippen LogP contribution in [-0.4, -0.2) is 20.1 Å². The largest absolute Gasteiger partial charge is 0.497 e. The number of benzene rings is 2. The maximum Gasteiger partial charge on any atom is 0.230 e. The molecular weight excluding hydrogens is 290 g/mol. The summed E-state index contributed by atoms with van der Waals surface area (Å²) in [6, 6.07) is 15.6. The Morgan fingerprint density at radius 1 is 0.913 bits per heavy atom. The highest BCUT2D eigenvalue weighted by molar-refractivity contribution is 5.98. The second kappa shape index (κ2) is 6.32. The number of hydrogen-bond donors (Lipinski definition) is 0. The summed E-state index contributed by atoms with van der Waals surface area (Å²) in [5, 5.41) is 0. The molecule has 1 saturated heterocycles. The number of carbonyl (C=O) groups excluding carboxylic acids is 1. The van der Waals surface area contributed by atoms with Gasteiger partial charge in [-0.3, -0.25) is 4.79 Å². The molecule has 2 unspecified atom stereocenters. The van der Waals surface area contributed by atoms with Crippen LogP contribution >= 0.6 is 0 Å². The minimum atomic E-state index is 0.0178. The van der Waals surface area contributed by atoms with Crippen molar-refractivity contribution in [2.75, 3.05) is 19.1 Å². The van der Waals surface area contributed by atoms with Gasteiger partial charge >= 0.3 is 0 Å². The molecule has 1 aliphatic heterocycles. The highest BCUT2D eigenvalue weighted by Gasteiger charge is 2.38. The fourth-order valence-electron chi connectivity index (χ4n) is 3.09. The first kappa shape index (κ1) is 15.4. The normalized spacial score (nSPS) is 20.7. The summed E-state index contributed by atoms with van der Waals surface area (Å²) in [7, 11) is 3.29. The molecule has 0 bridgehead atoms. The molecule has 1 fully saturated rings. The molecule has 1 heterocycles. The van der Waals surface area contributed by atoms with E-state index < -0.39 is 0 Å². The molecule has 1 aliphatic rings. The van der Waals surface area contributed by atoms with Crippen LogP contribution < -0.4 is 14.4 Å². The van der Waals surface area contributed by atoms with E-state index >= 15 is 0 Å². The molecule has 0 aliphatic carbocycles. The van der Waals surface area contributed by atoms with Crippen LogP contribution in [-0.2, 0) is 4.79 Å². The van der Waals surface area contributed by atoms with Gasteiger partial charge in [-0.25, -0.2) is 0 Å². The van der Waals surface area contributed by atoms with Crippen molar-refractivity contribution < 1.29 is 14.3 Å². The molecule has 2 aromatic rings. The van der Waals surface area contributed by atoms with Crippen molar-refractivity contribution in [1.82, 2.24) is 0 Å². The number of nitrogens with zero attached hydrogens (tertiary/aromatic N) is 1. The Kier molecular flexibility index (Phi) is 4.24. The first-order valence-corrected chi connectivity index (χ1v) is 7.75. The first-order valence-electron chi connectivity index (χ1n) is 7.75. The average molecular weight is 311 g/mol. The Morgan fingerprint density at radius 2 is 1.43 bits per heavy atom. The molecule has 2 aromatic carbocycles. The minimum Gasteiger partial charge on any atom is -0.497 e. The second-order valence-electron chi connectivity index (χ2n) is 5.83. The van der Waals surface area contributed by atoms with Crippen molar-refractivity contribution >= 4 is 11.6 Å². The van der Waals surface area contributed by atoms with Gasteiger partial charge in [0.25, 0.3) is 0 Å². The zero-order valence-corrected chi connectivity index (χ0v) is 13.7. The molecule has 0 N–H and O–H groups in total. The Morgan fingerprint density at radius 3 is 1.96 bits per heavy atom. The number of methoxy groups -OCH3 is 2. The number of ether oxygens (including phenoxy) is 2. The quantitative estimate of drug-likeness (QED) is 0.861. The standard InChI is InChI=1S/C19H21NO3/c1-13-12-18(14-4-8-16(22-2)9-5-14)20(19(13)21)15-6-10-17(23-3)11-7-15/h4-11,13,18H,12H2,1-3H3. The molecule has 4 heteroatoms. The zero-order chi connectivity index (χ0) is 16.4. The summed E-state index contributed by atoms with van der Waals surface area (Å²) in [5.41, 5.74) is 2.03. The Hall–Kier alpha value is -2.49. The molecule has 3 rings (SSSR count). The number of carbonyl (C=O) groups is 1. The van der Waals surface area contributed by atoms with Crippen LogP contribution in [0.25, 0.3) is 0 Å². The molecule has 2 atom stereocenters. The van der Waals surface area contributed by atoms with Gasteiger partial charge in [-0.05, 0) is 48.4 Å². The fourth-order valence-corrected chi connectivity index (χ4v) is 3.09. The first-order chi connectivity index (χ1) is 11.1. The van der Waals surface area contributed by atoms with E-state index in [1.165, 1.54) is 0 Å². The van der Waals surface area contributed by atoms with E-state index in [9.17, 15) is 4.79 Å². The van der Waals surface area contributed by atoms with Gasteiger partial charge in [0, 0.05) is 11.6 Å². The fraction of sp³-hybridized carbons (Fsp3) is 0.316. The third-order valence-electron chi connectivity index (χ3n) is 4.40. The molecular formula is C19H21NO3. The third kappa shape index (κ3) is 2.89. The molecule has 1 amide bonds. The monoisotopic (exact) mass is 311 g/mol. The van der Waals surface area contributed by atoms with E-state index in [1.54, 1.807) is 14.2 Å². The van der Waals surface area contributed by atoms with Crippen LogP contribution in [0, 0.1) is 5.92 Å². The number of amides is 1. The number of anilines is 1. The lowest BCUT2D eigenvalue weighted by Crippen LogP contribution is -2.28. The average Bonchev–Trinajstić information content (AvgIpc) is 2.90. The van der Waals surface area contributed by atoms with Gasteiger partial charge < -0.3 is 14.4 Å². The smallest absolute Gasteiger partial charge is 0.230 e. The highest BCUT2D eigenvalue weighted by Crippen LogP contribution is 2.40. The topological polar surface area (TPSA) is 38.8 Å². The van der Waals surface area contributed by atoms with Crippen molar-refractivity contribution in [2.45, 2.75) is 19.4 Å². The SMILES string of the molecule is COc1ccc(C2CC(C)C(=O)N2c2ccc(OC)cc2)cc1. The van der Waals surface area contributed by atoms with Gasteiger partial charge in [0.05, 0.1) is 20.3 Å². The maximum absolute atomic E-state index is 12.6. The van der Waals surface area contributed by atoms with E-state index in [1.807, 2.05) is 60.4 Å². The summed E-state index contributed by atoms with van der Waals surface area (Å²) in [4.78, 5) is 14.5. The predicted octanol–water partition coefficient (Wildman–Crippen LogP) is 3.82. The lowest BCUT2D eigenvalue weighted by atomic mass is 10.0. The van der Waals surface area contributed by atoms with Gasteiger partial charge in [0.15, 0.2) is 0 Å². The third-order valence-corrected chi connectivity index (χ3v) is 4.40. The highest BCUT2D eigenvalue weighted by atomic mass is 16.5. The van der Waals surface area contributed by atoms with Gasteiger partial charge in [0.2, 0.25) is 5.91 Å². The molecule has 0 radical (unpaired) electrons. The Bertz CT molecular complexity index is 679. The Balaban J connectivity index is 1.94. The van der Waals surface area contributed by atoms with E-state index in [2.05, 4.69) is 0 Å². The minimum absolute atomic E-state index is 0.0178. The van der Waals surface area contributed by atoms with Crippen LogP contribution in [0.15, 0.2) is 48.5 Å². The van der Waals surface area contributed by atoms with E-state index in [0.29, 0.717) is 0 Å². The van der Waals surface area contributed by atoms with Crippen LogP contribution in [0.5, 0.6) is 11.5 Å². The van der Waals surface area contributed by atoms with Crippen LogP contribution in [0.4, 0.5) is 5.69 Å². The molecule has 23 heavy (non-hydrogen) atoms. The van der Waals surface area contributed by atoms with E-state index in [-0.39, 0.29) is 17.9 Å². The van der Waals surface area contributed by atoms with Crippen molar-refractivity contribution in [2.24, 2.45) is 5.92 Å². The van der Waals surface area contributed by atoms with Crippen LogP contribution in [0.3, 0.4) is 0 Å². The second-order valence-corrected chi connectivity index (χ2v) is 5.83. The number of rotatable bonds is 4. The molecule has 120 valence electrons. The van der Waals surface area contributed by atoms with Crippen molar-refractivity contribution in [3.05, 3.63) is 54.1 Å². The Labute approximate surface area is 136 Å². The van der Waals surface area contributed by atoms with Crippen LogP contribution in [0.1, 0.15) is 24.9 Å². The zero-order valence-electron chi connectivity index (χ0n) is 13.7. The van der Waals surface area contributed by atoms with Gasteiger partial charge in [-0.1, -0.05) is 19.1 Å². The van der Waals surface area contributed by atoms with E-state index in [0.717, 1.165) is 29.2 Å². The predicted molar refractivity (Wildman–Crippen MR) is 90.0 cm³/mol. The van der Waals surface area contributed by atoms with E-state index in [4.69, 9.17) is 9.47 Å². The molecule has 0 saturated carbocycles. The molecule has 0 spiro atoms. The summed E-state index contributed by atoms with van der Waals surface area (Å²) >= 11 is 0. The summed E-state index contributed by atoms with van der Waals surface area (Å²) < 4.78 is 10.4. The summed E-state index contributed by atoms with van der Waals surface area (Å²) in [6.45, 7) is 1.99. The van der Waals surface area contributed by atoms with Crippen molar-refractivity contribution in [3.8, 4) is 11.5 Å². The summed E-state index contributed by atoms with van der Waals surface area (Å²) in [6.07, 6.45) is 0.817. The van der Waals surface area contributed by atoms with Crippen molar-refractivity contribution in [3.63, 3.8) is 0 Å². The maximum atomic E-state index is 12.6. The molecule has 0 aromatic heterocycles. The lowest BCUT2D eigenvalue weighted by molar-refractivity contribution is -0.120. The van der Waals surface area contributed by atoms with Gasteiger partial charge in [-0.15, -0.1) is 0 Å². The van der Waals surface area contributed by atoms with Crippen molar-refractivity contribution in [1.29, 1.82) is 0 Å². The summed E-state index contributed by atoms with van der Waals surface area (Å²) in [5.74, 6) is 1.79. The lowest BCUT2D eigenvalue weighted by Gasteiger charge is -2.25. The number of hydrogen-bond acceptors (Lipinski definition) is 3. The van der Waals surface area contributed by atoms with Gasteiger partial charge in [0.1, 0.15) is 11.5 Å². The van der Waals surface area contributed by atoms with Gasteiger partial charge in [-0.2, -0.15) is 0 Å². The van der Waals surface area contributed by atoms with Crippen LogP contribution in [0.2, 0.25) is 0 Å². The molecule has 4 nitrogen and oxygen atoms in total.